The van der Waals surface area contributed by atoms with Crippen LogP contribution < -0.4 is 5.73 Å². The topological polar surface area (TPSA) is 26.0 Å². The van der Waals surface area contributed by atoms with Crippen LogP contribution in [0, 0.1) is 11.6 Å². The van der Waals surface area contributed by atoms with Crippen molar-refractivity contribution in [1.82, 2.24) is 0 Å². The van der Waals surface area contributed by atoms with Gasteiger partial charge in [-0.1, -0.05) is 12.1 Å². The summed E-state index contributed by atoms with van der Waals surface area (Å²) in [4.78, 5) is 0. The Morgan fingerprint density at radius 1 is 0.850 bits per heavy atom. The zero-order chi connectivity index (χ0) is 14.9. The Kier molecular flexibility index (Phi) is 3.76. The Bertz CT molecular complexity index is 601. The van der Waals surface area contributed by atoms with E-state index in [-0.39, 0.29) is 11.1 Å². The Hall–Kier alpha value is -1.95. The van der Waals surface area contributed by atoms with Gasteiger partial charge in [0.25, 0.3) is 0 Å². The first-order valence-corrected chi connectivity index (χ1v) is 5.66. The van der Waals surface area contributed by atoms with E-state index in [9.17, 15) is 22.0 Å². The van der Waals surface area contributed by atoms with Crippen molar-refractivity contribution in [2.24, 2.45) is 5.73 Å². The van der Waals surface area contributed by atoms with Gasteiger partial charge < -0.3 is 5.73 Å². The summed E-state index contributed by atoms with van der Waals surface area (Å²) in [6, 6.07) is 5.97. The van der Waals surface area contributed by atoms with Crippen molar-refractivity contribution in [2.45, 2.75) is 12.2 Å². The van der Waals surface area contributed by atoms with E-state index >= 15 is 0 Å². The SMILES string of the molecule is NC(c1cc(F)cc(F)c1)c1cccc(C(F)(F)F)c1. The number of rotatable bonds is 2. The van der Waals surface area contributed by atoms with Crippen LogP contribution in [0.5, 0.6) is 0 Å². The minimum absolute atomic E-state index is 0.0711. The minimum Gasteiger partial charge on any atom is -0.320 e. The molecular formula is C14H10F5N. The van der Waals surface area contributed by atoms with Crippen molar-refractivity contribution in [1.29, 1.82) is 0 Å². The molecule has 0 spiro atoms. The molecule has 6 heteroatoms. The van der Waals surface area contributed by atoms with Crippen molar-refractivity contribution in [2.75, 3.05) is 0 Å². The largest absolute Gasteiger partial charge is 0.416 e. The summed E-state index contributed by atoms with van der Waals surface area (Å²) in [5.41, 5.74) is 5.11. The van der Waals surface area contributed by atoms with Crippen LogP contribution in [-0.4, -0.2) is 0 Å². The molecule has 1 nitrogen and oxygen atoms in total. The fourth-order valence-corrected chi connectivity index (χ4v) is 1.86. The second kappa shape index (κ2) is 5.20. The van der Waals surface area contributed by atoms with Gasteiger partial charge in [0.2, 0.25) is 0 Å². The highest BCUT2D eigenvalue weighted by Crippen LogP contribution is 2.31. The van der Waals surface area contributed by atoms with E-state index in [1.807, 2.05) is 0 Å². The predicted octanol–water partition coefficient (Wildman–Crippen LogP) is 4.03. The highest BCUT2D eigenvalue weighted by Gasteiger charge is 2.30. The van der Waals surface area contributed by atoms with Gasteiger partial charge in [0.05, 0.1) is 11.6 Å². The summed E-state index contributed by atoms with van der Waals surface area (Å²) in [6.45, 7) is 0. The number of alkyl halides is 3. The molecular weight excluding hydrogens is 277 g/mol. The van der Waals surface area contributed by atoms with Crippen LogP contribution in [0.15, 0.2) is 42.5 Å². The van der Waals surface area contributed by atoms with E-state index in [4.69, 9.17) is 5.73 Å². The van der Waals surface area contributed by atoms with E-state index in [0.717, 1.165) is 24.3 Å². The second-order valence-electron chi connectivity index (χ2n) is 4.30. The number of halogens is 5. The van der Waals surface area contributed by atoms with Gasteiger partial charge in [0.15, 0.2) is 0 Å². The monoisotopic (exact) mass is 287 g/mol. The lowest BCUT2D eigenvalue weighted by atomic mass is 9.97. The molecule has 20 heavy (non-hydrogen) atoms. The maximum atomic E-state index is 13.1. The highest BCUT2D eigenvalue weighted by molar-refractivity contribution is 5.35. The standard InChI is InChI=1S/C14H10F5N/c15-11-5-9(6-12(16)7-11)13(20)8-2-1-3-10(4-8)14(17,18)19/h1-7,13H,20H2. The number of hydrogen-bond acceptors (Lipinski definition) is 1. The van der Waals surface area contributed by atoms with Crippen LogP contribution in [0.1, 0.15) is 22.7 Å². The van der Waals surface area contributed by atoms with Gasteiger partial charge in [-0.05, 0) is 35.4 Å². The average Bonchev–Trinajstić information content (AvgIpc) is 2.36. The molecule has 0 aliphatic heterocycles. The average molecular weight is 287 g/mol. The van der Waals surface area contributed by atoms with Crippen LogP contribution in [-0.2, 0) is 6.18 Å². The van der Waals surface area contributed by atoms with Gasteiger partial charge in [0, 0.05) is 6.07 Å². The Labute approximate surface area is 111 Å². The third kappa shape index (κ3) is 3.14. The van der Waals surface area contributed by atoms with Gasteiger partial charge in [-0.2, -0.15) is 13.2 Å². The van der Waals surface area contributed by atoms with E-state index in [2.05, 4.69) is 0 Å². The fourth-order valence-electron chi connectivity index (χ4n) is 1.86. The van der Waals surface area contributed by atoms with Crippen molar-refractivity contribution in [3.63, 3.8) is 0 Å². The van der Waals surface area contributed by atoms with Crippen molar-refractivity contribution < 1.29 is 22.0 Å². The zero-order valence-electron chi connectivity index (χ0n) is 10.1. The fraction of sp³-hybridized carbons (Fsp3) is 0.143. The molecule has 0 aliphatic rings. The molecule has 0 bridgehead atoms. The molecule has 0 radical (unpaired) electrons. The molecule has 0 amide bonds. The molecule has 2 aromatic carbocycles. The van der Waals surface area contributed by atoms with Crippen LogP contribution in [0.2, 0.25) is 0 Å². The van der Waals surface area contributed by atoms with Gasteiger partial charge >= 0.3 is 6.18 Å². The van der Waals surface area contributed by atoms with Crippen molar-refractivity contribution >= 4 is 0 Å². The summed E-state index contributed by atoms with van der Waals surface area (Å²) in [7, 11) is 0. The van der Waals surface area contributed by atoms with Gasteiger partial charge in [-0.15, -0.1) is 0 Å². The molecule has 1 unspecified atom stereocenters. The van der Waals surface area contributed by atoms with Gasteiger partial charge in [-0.25, -0.2) is 8.78 Å². The van der Waals surface area contributed by atoms with Crippen molar-refractivity contribution in [3.8, 4) is 0 Å². The third-order valence-corrected chi connectivity index (χ3v) is 2.82. The number of nitrogens with two attached hydrogens (primary N) is 1. The van der Waals surface area contributed by atoms with Crippen molar-refractivity contribution in [3.05, 3.63) is 70.8 Å². The van der Waals surface area contributed by atoms with E-state index in [1.165, 1.54) is 12.1 Å². The lowest BCUT2D eigenvalue weighted by Crippen LogP contribution is -2.14. The third-order valence-electron chi connectivity index (χ3n) is 2.82. The second-order valence-corrected chi connectivity index (χ2v) is 4.30. The van der Waals surface area contributed by atoms with Crippen LogP contribution in [0.3, 0.4) is 0 Å². The van der Waals surface area contributed by atoms with Gasteiger partial charge in [0.1, 0.15) is 11.6 Å². The quantitative estimate of drug-likeness (QED) is 0.829. The van der Waals surface area contributed by atoms with Gasteiger partial charge in [-0.3, -0.25) is 0 Å². The number of hydrogen-bond donors (Lipinski definition) is 1. The molecule has 2 rings (SSSR count). The summed E-state index contributed by atoms with van der Waals surface area (Å²) in [5.74, 6) is -1.66. The zero-order valence-corrected chi connectivity index (χ0v) is 10.1. The Morgan fingerprint density at radius 3 is 2.00 bits per heavy atom. The summed E-state index contributed by atoms with van der Waals surface area (Å²) < 4.78 is 64.0. The molecule has 0 aliphatic carbocycles. The molecule has 106 valence electrons. The highest BCUT2D eigenvalue weighted by atomic mass is 19.4. The van der Waals surface area contributed by atoms with Crippen LogP contribution in [0.25, 0.3) is 0 Å². The normalized spacial score (nSPS) is 13.3. The molecule has 0 heterocycles. The molecule has 0 fully saturated rings. The predicted molar refractivity (Wildman–Crippen MR) is 63.8 cm³/mol. The van der Waals surface area contributed by atoms with E-state index < -0.39 is 29.4 Å². The van der Waals surface area contributed by atoms with E-state index in [0.29, 0.717) is 6.07 Å². The molecule has 2 aromatic rings. The summed E-state index contributed by atoms with van der Waals surface area (Å²) >= 11 is 0. The smallest absolute Gasteiger partial charge is 0.320 e. The number of benzene rings is 2. The summed E-state index contributed by atoms with van der Waals surface area (Å²) in [6.07, 6.45) is -4.50. The first-order valence-electron chi connectivity index (χ1n) is 5.66. The Balaban J connectivity index is 2.40. The molecule has 0 saturated carbocycles. The molecule has 0 aromatic heterocycles. The first-order chi connectivity index (χ1) is 9.27. The van der Waals surface area contributed by atoms with E-state index in [1.54, 1.807) is 0 Å². The van der Waals surface area contributed by atoms with Crippen LogP contribution >= 0.6 is 0 Å². The summed E-state index contributed by atoms with van der Waals surface area (Å²) in [5, 5.41) is 0. The molecule has 0 saturated heterocycles. The lowest BCUT2D eigenvalue weighted by molar-refractivity contribution is -0.137. The maximum absolute atomic E-state index is 13.1. The molecule has 1 atom stereocenters. The minimum atomic E-state index is -4.50. The Morgan fingerprint density at radius 2 is 1.45 bits per heavy atom. The van der Waals surface area contributed by atoms with Crippen LogP contribution in [0.4, 0.5) is 22.0 Å². The first kappa shape index (κ1) is 14.5. The molecule has 2 N–H and O–H groups in total. The lowest BCUT2D eigenvalue weighted by Gasteiger charge is -2.15. The maximum Gasteiger partial charge on any atom is 0.416 e.